The fourth-order valence-corrected chi connectivity index (χ4v) is 1.76. The minimum absolute atomic E-state index is 0.0352. The van der Waals surface area contributed by atoms with Crippen LogP contribution < -0.4 is 0 Å². The molecule has 2 aromatic rings. The van der Waals surface area contributed by atoms with Gasteiger partial charge in [0.15, 0.2) is 0 Å². The molecule has 0 fully saturated rings. The maximum Gasteiger partial charge on any atom is 0.340 e. The van der Waals surface area contributed by atoms with Gasteiger partial charge in [-0.2, -0.15) is 0 Å². The second kappa shape index (κ2) is 5.57. The molecule has 0 aliphatic heterocycles. The second-order valence-corrected chi connectivity index (χ2v) is 4.10. The van der Waals surface area contributed by atoms with Gasteiger partial charge in [0.05, 0.1) is 23.1 Å². The number of methoxy groups -OCH3 is 1. The Morgan fingerprint density at radius 2 is 2.14 bits per heavy atom. The van der Waals surface area contributed by atoms with Crippen LogP contribution in [0.25, 0.3) is 11.0 Å². The molecule has 0 radical (unpaired) electrons. The van der Waals surface area contributed by atoms with Crippen molar-refractivity contribution in [3.8, 4) is 0 Å². The number of H-pyrrole nitrogens is 1. The third kappa shape index (κ3) is 2.96. The van der Waals surface area contributed by atoms with Crippen molar-refractivity contribution in [1.29, 1.82) is 0 Å². The molecule has 1 aromatic heterocycles. The first-order valence-corrected chi connectivity index (χ1v) is 5.81. The highest BCUT2D eigenvalue weighted by Gasteiger charge is 2.20. The maximum absolute atomic E-state index is 11.7. The quantitative estimate of drug-likeness (QED) is 0.512. The Labute approximate surface area is 118 Å². The van der Waals surface area contributed by atoms with Gasteiger partial charge in [0, 0.05) is 19.1 Å². The minimum Gasteiger partial charge on any atom is -0.465 e. The largest absolute Gasteiger partial charge is 0.465 e. The average Bonchev–Trinajstić information content (AvgIpc) is 2.85. The molecular formula is C12H11N3O6. The van der Waals surface area contributed by atoms with Crippen molar-refractivity contribution in [3.63, 3.8) is 0 Å². The van der Waals surface area contributed by atoms with Crippen molar-refractivity contribution in [2.45, 2.75) is 13.5 Å². The number of hydrogen-bond acceptors (Lipinski definition) is 7. The molecule has 1 N–H and O–H groups in total. The van der Waals surface area contributed by atoms with Crippen LogP contribution in [-0.4, -0.2) is 33.9 Å². The van der Waals surface area contributed by atoms with E-state index in [1.807, 2.05) is 0 Å². The van der Waals surface area contributed by atoms with E-state index in [1.165, 1.54) is 20.1 Å². The molecule has 0 atom stereocenters. The third-order valence-corrected chi connectivity index (χ3v) is 2.65. The topological polar surface area (TPSA) is 124 Å². The number of ether oxygens (including phenoxy) is 2. The highest BCUT2D eigenvalue weighted by Crippen LogP contribution is 2.24. The predicted molar refractivity (Wildman–Crippen MR) is 69.6 cm³/mol. The number of nitro groups is 1. The van der Waals surface area contributed by atoms with Gasteiger partial charge in [0.1, 0.15) is 17.9 Å². The zero-order valence-electron chi connectivity index (χ0n) is 11.2. The van der Waals surface area contributed by atoms with E-state index in [9.17, 15) is 19.7 Å². The van der Waals surface area contributed by atoms with Gasteiger partial charge in [-0.1, -0.05) is 0 Å². The lowest BCUT2D eigenvalue weighted by Gasteiger charge is -2.00. The van der Waals surface area contributed by atoms with Crippen LogP contribution in [0.15, 0.2) is 12.1 Å². The number of carbonyl (C=O) groups excluding carboxylic acids is 2. The van der Waals surface area contributed by atoms with E-state index in [0.717, 1.165) is 6.07 Å². The molecular weight excluding hydrogens is 282 g/mol. The smallest absolute Gasteiger partial charge is 0.340 e. The summed E-state index contributed by atoms with van der Waals surface area (Å²) in [5.74, 6) is -0.963. The van der Waals surface area contributed by atoms with Crippen LogP contribution in [0.2, 0.25) is 0 Å². The van der Waals surface area contributed by atoms with Gasteiger partial charge in [-0.15, -0.1) is 0 Å². The fraction of sp³-hybridized carbons (Fsp3) is 0.250. The van der Waals surface area contributed by atoms with Crippen LogP contribution in [0.5, 0.6) is 0 Å². The van der Waals surface area contributed by atoms with Crippen LogP contribution in [-0.2, 0) is 20.9 Å². The number of imidazole rings is 1. The van der Waals surface area contributed by atoms with Gasteiger partial charge in [0.25, 0.3) is 5.69 Å². The first-order valence-electron chi connectivity index (χ1n) is 5.81. The Bertz CT molecular complexity index is 736. The maximum atomic E-state index is 11.7. The number of fused-ring (bicyclic) bond motifs is 1. The number of esters is 2. The highest BCUT2D eigenvalue weighted by atomic mass is 16.6. The Hall–Kier alpha value is -2.97. The lowest BCUT2D eigenvalue weighted by Crippen LogP contribution is -2.03. The SMILES string of the molecule is COC(=O)c1cc([N+](=O)[O-])cc2[nH]c(COC(C)=O)nc12. The van der Waals surface area contributed by atoms with Crippen LogP contribution in [0, 0.1) is 10.1 Å². The van der Waals surface area contributed by atoms with Gasteiger partial charge < -0.3 is 14.5 Å². The standard InChI is InChI=1S/C12H11N3O6/c1-6(16)21-5-10-13-9-4-7(15(18)19)3-8(11(9)14-10)12(17)20-2/h3-4H,5H2,1-2H3,(H,13,14). The number of nitro benzene ring substituents is 1. The van der Waals surface area contributed by atoms with Gasteiger partial charge in [-0.25, -0.2) is 9.78 Å². The molecule has 2 rings (SSSR count). The number of aromatic nitrogens is 2. The van der Waals surface area contributed by atoms with Crippen molar-refractivity contribution in [2.75, 3.05) is 7.11 Å². The lowest BCUT2D eigenvalue weighted by molar-refractivity contribution is -0.384. The van der Waals surface area contributed by atoms with E-state index in [4.69, 9.17) is 4.74 Å². The average molecular weight is 293 g/mol. The van der Waals surface area contributed by atoms with Crippen LogP contribution in [0.4, 0.5) is 5.69 Å². The molecule has 0 aliphatic carbocycles. The van der Waals surface area contributed by atoms with Crippen molar-refractivity contribution < 1.29 is 24.0 Å². The second-order valence-electron chi connectivity index (χ2n) is 4.10. The molecule has 1 aromatic carbocycles. The Morgan fingerprint density at radius 3 is 2.71 bits per heavy atom. The summed E-state index contributed by atoms with van der Waals surface area (Å²) >= 11 is 0. The summed E-state index contributed by atoms with van der Waals surface area (Å²) in [6, 6.07) is 2.33. The molecule has 0 spiro atoms. The number of carbonyl (C=O) groups is 2. The molecule has 0 amide bonds. The Morgan fingerprint density at radius 1 is 1.43 bits per heavy atom. The van der Waals surface area contributed by atoms with Crippen LogP contribution >= 0.6 is 0 Å². The molecule has 0 saturated heterocycles. The van der Waals surface area contributed by atoms with Gasteiger partial charge >= 0.3 is 11.9 Å². The van der Waals surface area contributed by atoms with Gasteiger partial charge in [-0.05, 0) is 0 Å². The summed E-state index contributed by atoms with van der Waals surface area (Å²) in [4.78, 5) is 39.6. The fourth-order valence-electron chi connectivity index (χ4n) is 1.76. The molecule has 9 nitrogen and oxygen atoms in total. The summed E-state index contributed by atoms with van der Waals surface area (Å²) in [5.41, 5.74) is 0.193. The Balaban J connectivity index is 2.54. The van der Waals surface area contributed by atoms with E-state index in [2.05, 4.69) is 14.7 Å². The number of non-ortho nitro benzene ring substituents is 1. The molecule has 110 valence electrons. The molecule has 9 heteroatoms. The summed E-state index contributed by atoms with van der Waals surface area (Å²) in [6.45, 7) is 1.12. The summed E-state index contributed by atoms with van der Waals surface area (Å²) in [7, 11) is 1.17. The first kappa shape index (κ1) is 14.4. The van der Waals surface area contributed by atoms with E-state index in [0.29, 0.717) is 0 Å². The zero-order valence-corrected chi connectivity index (χ0v) is 11.2. The molecule has 0 saturated carbocycles. The molecule has 0 bridgehead atoms. The number of rotatable bonds is 4. The van der Waals surface area contributed by atoms with Crippen LogP contribution in [0.3, 0.4) is 0 Å². The number of hydrogen-bond donors (Lipinski definition) is 1. The molecule has 21 heavy (non-hydrogen) atoms. The van der Waals surface area contributed by atoms with E-state index in [-0.39, 0.29) is 34.7 Å². The lowest BCUT2D eigenvalue weighted by atomic mass is 10.1. The number of aromatic amines is 1. The Kier molecular flexibility index (Phi) is 3.83. The predicted octanol–water partition coefficient (Wildman–Crippen LogP) is 1.32. The van der Waals surface area contributed by atoms with Crippen molar-refractivity contribution in [1.82, 2.24) is 9.97 Å². The van der Waals surface area contributed by atoms with Crippen molar-refractivity contribution in [3.05, 3.63) is 33.6 Å². The van der Waals surface area contributed by atoms with E-state index >= 15 is 0 Å². The van der Waals surface area contributed by atoms with Gasteiger partial charge in [-0.3, -0.25) is 14.9 Å². The summed E-state index contributed by atoms with van der Waals surface area (Å²) < 4.78 is 9.36. The number of benzene rings is 1. The highest BCUT2D eigenvalue weighted by molar-refractivity contribution is 6.03. The molecule has 0 unspecified atom stereocenters. The van der Waals surface area contributed by atoms with Crippen LogP contribution in [0.1, 0.15) is 23.1 Å². The molecule has 1 heterocycles. The first-order chi connectivity index (χ1) is 9.92. The normalized spacial score (nSPS) is 10.4. The number of nitrogens with one attached hydrogen (secondary N) is 1. The molecule has 0 aliphatic rings. The van der Waals surface area contributed by atoms with Crippen molar-refractivity contribution in [2.24, 2.45) is 0 Å². The van der Waals surface area contributed by atoms with E-state index < -0.39 is 16.9 Å². The van der Waals surface area contributed by atoms with Crippen molar-refractivity contribution >= 4 is 28.7 Å². The van der Waals surface area contributed by atoms with E-state index in [1.54, 1.807) is 0 Å². The zero-order chi connectivity index (χ0) is 15.6. The summed E-state index contributed by atoms with van der Waals surface area (Å²) in [5, 5.41) is 10.9. The number of nitrogens with zero attached hydrogens (tertiary/aromatic N) is 2. The summed E-state index contributed by atoms with van der Waals surface area (Å²) in [6.07, 6.45) is 0. The monoisotopic (exact) mass is 293 g/mol. The third-order valence-electron chi connectivity index (χ3n) is 2.65. The minimum atomic E-state index is -0.741. The van der Waals surface area contributed by atoms with Gasteiger partial charge in [0.2, 0.25) is 0 Å².